The van der Waals surface area contributed by atoms with Crippen LogP contribution in [0.4, 0.5) is 10.1 Å². The minimum Gasteiger partial charge on any atom is -0.489 e. The fourth-order valence-corrected chi connectivity index (χ4v) is 1.83. The van der Waals surface area contributed by atoms with E-state index in [9.17, 15) is 19.3 Å². The number of ether oxygens (including phenoxy) is 2. The van der Waals surface area contributed by atoms with Crippen molar-refractivity contribution in [2.24, 2.45) is 0 Å². The highest BCUT2D eigenvalue weighted by Gasteiger charge is 2.21. The van der Waals surface area contributed by atoms with Gasteiger partial charge in [-0.25, -0.2) is 9.18 Å². The second-order valence-electron chi connectivity index (χ2n) is 4.35. The first-order chi connectivity index (χ1) is 10.5. The Morgan fingerprint density at radius 2 is 2.05 bits per heavy atom. The molecule has 0 amide bonds. The quantitative estimate of drug-likeness (QED) is 0.482. The summed E-state index contributed by atoms with van der Waals surface area (Å²) in [5, 5.41) is 11.0. The Hall–Kier alpha value is -2.96. The van der Waals surface area contributed by atoms with Crippen molar-refractivity contribution in [2.75, 3.05) is 7.11 Å². The van der Waals surface area contributed by atoms with E-state index in [1.807, 2.05) is 0 Å². The van der Waals surface area contributed by atoms with Crippen LogP contribution in [0.25, 0.3) is 0 Å². The van der Waals surface area contributed by atoms with Crippen molar-refractivity contribution in [1.82, 2.24) is 0 Å². The molecule has 6 nitrogen and oxygen atoms in total. The molecule has 2 rings (SSSR count). The highest BCUT2D eigenvalue weighted by molar-refractivity contribution is 5.94. The van der Waals surface area contributed by atoms with Crippen LogP contribution in [-0.2, 0) is 11.3 Å². The first-order valence-electron chi connectivity index (χ1n) is 6.25. The number of rotatable bonds is 5. The molecule has 0 unspecified atom stereocenters. The first kappa shape index (κ1) is 15.4. The molecule has 22 heavy (non-hydrogen) atoms. The Morgan fingerprint density at radius 1 is 1.27 bits per heavy atom. The molecule has 0 N–H and O–H groups in total. The van der Waals surface area contributed by atoms with E-state index in [2.05, 4.69) is 4.74 Å². The van der Waals surface area contributed by atoms with E-state index in [1.54, 1.807) is 6.07 Å². The maximum Gasteiger partial charge on any atom is 0.344 e. The molecule has 7 heteroatoms. The van der Waals surface area contributed by atoms with Crippen LogP contribution >= 0.6 is 0 Å². The molecule has 0 spiro atoms. The van der Waals surface area contributed by atoms with Gasteiger partial charge in [0.2, 0.25) is 0 Å². The van der Waals surface area contributed by atoms with Gasteiger partial charge in [0.05, 0.1) is 18.1 Å². The van der Waals surface area contributed by atoms with Crippen molar-refractivity contribution in [2.45, 2.75) is 6.61 Å². The largest absolute Gasteiger partial charge is 0.489 e. The zero-order valence-corrected chi connectivity index (χ0v) is 11.6. The predicted octanol–water partition coefficient (Wildman–Crippen LogP) is 3.10. The summed E-state index contributed by atoms with van der Waals surface area (Å²) in [4.78, 5) is 21.8. The summed E-state index contributed by atoms with van der Waals surface area (Å²) in [6, 6.07) is 9.61. The van der Waals surface area contributed by atoms with Gasteiger partial charge in [0.1, 0.15) is 23.7 Å². The average molecular weight is 305 g/mol. The Balaban J connectivity index is 2.20. The van der Waals surface area contributed by atoms with Gasteiger partial charge in [0, 0.05) is 0 Å². The maximum atomic E-state index is 13.0. The lowest BCUT2D eigenvalue weighted by Crippen LogP contribution is -2.06. The third-order valence-electron chi connectivity index (χ3n) is 2.87. The van der Waals surface area contributed by atoms with Gasteiger partial charge < -0.3 is 9.47 Å². The highest BCUT2D eigenvalue weighted by atomic mass is 19.1. The summed E-state index contributed by atoms with van der Waals surface area (Å²) < 4.78 is 22.9. The van der Waals surface area contributed by atoms with Gasteiger partial charge in [-0.3, -0.25) is 10.1 Å². The fourth-order valence-electron chi connectivity index (χ4n) is 1.83. The molecule has 0 radical (unpaired) electrons. The third kappa shape index (κ3) is 3.57. The minimum atomic E-state index is -0.802. The van der Waals surface area contributed by atoms with Crippen molar-refractivity contribution in [3.8, 4) is 5.75 Å². The molecule has 0 heterocycles. The molecule has 0 aliphatic heterocycles. The normalized spacial score (nSPS) is 10.1. The number of carbonyl (C=O) groups excluding carboxylic acids is 1. The molecule has 0 aromatic heterocycles. The number of nitro groups is 1. The number of nitro benzene ring substituents is 1. The summed E-state index contributed by atoms with van der Waals surface area (Å²) in [6.07, 6.45) is 0. The summed E-state index contributed by atoms with van der Waals surface area (Å²) in [7, 11) is 1.14. The molecule has 0 saturated heterocycles. The van der Waals surface area contributed by atoms with E-state index >= 15 is 0 Å². The number of benzene rings is 2. The topological polar surface area (TPSA) is 78.7 Å². The number of methoxy groups -OCH3 is 1. The zero-order valence-electron chi connectivity index (χ0n) is 11.6. The van der Waals surface area contributed by atoms with Gasteiger partial charge in [-0.05, 0) is 29.8 Å². The monoisotopic (exact) mass is 305 g/mol. The molecule has 0 fully saturated rings. The van der Waals surface area contributed by atoms with Crippen LogP contribution in [0, 0.1) is 15.9 Å². The number of esters is 1. The van der Waals surface area contributed by atoms with Crippen LogP contribution in [0.5, 0.6) is 5.75 Å². The maximum absolute atomic E-state index is 13.0. The van der Waals surface area contributed by atoms with Crippen LogP contribution in [0.3, 0.4) is 0 Å². The summed E-state index contributed by atoms with van der Waals surface area (Å²) >= 11 is 0. The standard InChI is InChI=1S/C15H12FNO5/c1-21-15(18)13-6-5-12(8-14(13)17(19)20)22-9-10-3-2-4-11(16)7-10/h2-8H,9H2,1H3. The van der Waals surface area contributed by atoms with Crippen LogP contribution < -0.4 is 4.74 Å². The van der Waals surface area contributed by atoms with Gasteiger partial charge in [-0.1, -0.05) is 12.1 Å². The van der Waals surface area contributed by atoms with E-state index in [1.165, 1.54) is 30.3 Å². The Morgan fingerprint density at radius 3 is 2.68 bits per heavy atom. The third-order valence-corrected chi connectivity index (χ3v) is 2.87. The van der Waals surface area contributed by atoms with E-state index in [4.69, 9.17) is 4.74 Å². The lowest BCUT2D eigenvalue weighted by atomic mass is 10.1. The second-order valence-corrected chi connectivity index (χ2v) is 4.35. The predicted molar refractivity (Wildman–Crippen MR) is 75.2 cm³/mol. The summed E-state index contributed by atoms with van der Waals surface area (Å²) in [5.74, 6) is -1.000. The number of halogens is 1. The molecule has 114 valence electrons. The molecule has 0 saturated carbocycles. The Kier molecular flexibility index (Phi) is 4.67. The van der Waals surface area contributed by atoms with Crippen molar-refractivity contribution in [3.63, 3.8) is 0 Å². The fraction of sp³-hybridized carbons (Fsp3) is 0.133. The highest BCUT2D eigenvalue weighted by Crippen LogP contribution is 2.26. The number of carbonyl (C=O) groups is 1. The van der Waals surface area contributed by atoms with Gasteiger partial charge in [0.25, 0.3) is 5.69 Å². The number of hydrogen-bond donors (Lipinski definition) is 0. The summed E-state index contributed by atoms with van der Waals surface area (Å²) in [6.45, 7) is 0.0481. The molecule has 0 aliphatic carbocycles. The van der Waals surface area contributed by atoms with Gasteiger partial charge in [-0.15, -0.1) is 0 Å². The van der Waals surface area contributed by atoms with E-state index in [0.717, 1.165) is 13.2 Å². The number of hydrogen-bond acceptors (Lipinski definition) is 5. The molecular weight excluding hydrogens is 293 g/mol. The van der Waals surface area contributed by atoms with Crippen molar-refractivity contribution < 1.29 is 23.6 Å². The van der Waals surface area contributed by atoms with E-state index in [0.29, 0.717) is 5.56 Å². The Bertz CT molecular complexity index is 717. The lowest BCUT2D eigenvalue weighted by Gasteiger charge is -2.08. The minimum absolute atomic E-state index is 0.0481. The van der Waals surface area contributed by atoms with Crippen LogP contribution in [0.1, 0.15) is 15.9 Å². The van der Waals surface area contributed by atoms with Crippen LogP contribution in [-0.4, -0.2) is 18.0 Å². The van der Waals surface area contributed by atoms with Crippen molar-refractivity contribution >= 4 is 11.7 Å². The Labute approximate surface area is 125 Å². The molecule has 0 aliphatic rings. The molecule has 0 bridgehead atoms. The van der Waals surface area contributed by atoms with E-state index in [-0.39, 0.29) is 17.9 Å². The van der Waals surface area contributed by atoms with Gasteiger partial charge >= 0.3 is 5.97 Å². The summed E-state index contributed by atoms with van der Waals surface area (Å²) in [5.41, 5.74) is 0.00824. The van der Waals surface area contributed by atoms with E-state index < -0.39 is 22.4 Å². The van der Waals surface area contributed by atoms with Gasteiger partial charge in [0.15, 0.2) is 0 Å². The average Bonchev–Trinajstić information content (AvgIpc) is 2.52. The second kappa shape index (κ2) is 6.66. The smallest absolute Gasteiger partial charge is 0.344 e. The molecular formula is C15H12FNO5. The SMILES string of the molecule is COC(=O)c1ccc(OCc2cccc(F)c2)cc1[N+](=O)[O-]. The molecule has 0 atom stereocenters. The zero-order chi connectivity index (χ0) is 16.1. The van der Waals surface area contributed by atoms with Crippen LogP contribution in [0.15, 0.2) is 42.5 Å². The van der Waals surface area contributed by atoms with Gasteiger partial charge in [-0.2, -0.15) is 0 Å². The molecule has 2 aromatic carbocycles. The molecule has 2 aromatic rings. The van der Waals surface area contributed by atoms with Crippen molar-refractivity contribution in [1.29, 1.82) is 0 Å². The number of nitrogens with zero attached hydrogens (tertiary/aromatic N) is 1. The first-order valence-corrected chi connectivity index (χ1v) is 6.25. The van der Waals surface area contributed by atoms with Crippen molar-refractivity contribution in [3.05, 3.63) is 69.5 Å². The lowest BCUT2D eigenvalue weighted by molar-refractivity contribution is -0.385. The van der Waals surface area contributed by atoms with Crippen LogP contribution in [0.2, 0.25) is 0 Å².